The normalized spacial score (nSPS) is 19.6. The Bertz CT molecular complexity index is 772. The number of carbonyl (C=O) groups excluding carboxylic acids is 1. The van der Waals surface area contributed by atoms with Crippen molar-refractivity contribution >= 4 is 11.8 Å². The van der Waals surface area contributed by atoms with Crippen LogP contribution in [-0.4, -0.2) is 67.0 Å². The molecule has 2 fully saturated rings. The summed E-state index contributed by atoms with van der Waals surface area (Å²) in [5, 5.41) is 8.96. The van der Waals surface area contributed by atoms with E-state index in [4.69, 9.17) is 10.00 Å². The van der Waals surface area contributed by atoms with Crippen molar-refractivity contribution in [3.63, 3.8) is 0 Å². The van der Waals surface area contributed by atoms with Gasteiger partial charge in [0.25, 0.3) is 0 Å². The SMILES string of the molecule is CN1CC2(C1)CN(CC/C(Cc1ccc(C#N)cc1)=N\C(=O)OC(C)(C)C)C2. The Balaban J connectivity index is 1.60. The van der Waals surface area contributed by atoms with Gasteiger partial charge in [0.2, 0.25) is 0 Å². The van der Waals surface area contributed by atoms with Crippen molar-refractivity contribution in [3.05, 3.63) is 35.4 Å². The van der Waals surface area contributed by atoms with Crippen LogP contribution in [0.25, 0.3) is 0 Å². The quantitative estimate of drug-likeness (QED) is 0.732. The Morgan fingerprint density at radius 3 is 2.39 bits per heavy atom. The molecule has 2 saturated heterocycles. The highest BCUT2D eigenvalue weighted by atomic mass is 16.6. The highest BCUT2D eigenvalue weighted by molar-refractivity contribution is 5.94. The predicted molar refractivity (Wildman–Crippen MR) is 110 cm³/mol. The fraction of sp³-hybridized carbons (Fsp3) is 0.591. The lowest BCUT2D eigenvalue weighted by Gasteiger charge is -2.59. The molecule has 3 rings (SSSR count). The topological polar surface area (TPSA) is 68.9 Å². The summed E-state index contributed by atoms with van der Waals surface area (Å²) in [6, 6.07) is 9.57. The van der Waals surface area contributed by atoms with Gasteiger partial charge in [-0.1, -0.05) is 12.1 Å². The van der Waals surface area contributed by atoms with Crippen LogP contribution < -0.4 is 0 Å². The number of hydrogen-bond donors (Lipinski definition) is 0. The second-order valence-corrected chi connectivity index (χ2v) is 9.28. The molecule has 0 bridgehead atoms. The number of carbonyl (C=O) groups is 1. The molecule has 0 atom stereocenters. The van der Waals surface area contributed by atoms with Crippen LogP contribution >= 0.6 is 0 Å². The zero-order valence-electron chi connectivity index (χ0n) is 17.4. The third-order valence-electron chi connectivity index (χ3n) is 5.18. The van der Waals surface area contributed by atoms with E-state index in [1.807, 2.05) is 32.9 Å². The summed E-state index contributed by atoms with van der Waals surface area (Å²) in [7, 11) is 2.16. The van der Waals surface area contributed by atoms with Gasteiger partial charge in [-0.2, -0.15) is 10.3 Å². The van der Waals surface area contributed by atoms with Gasteiger partial charge in [0, 0.05) is 50.3 Å². The Labute approximate surface area is 167 Å². The maximum Gasteiger partial charge on any atom is 0.434 e. The van der Waals surface area contributed by atoms with Gasteiger partial charge >= 0.3 is 6.09 Å². The summed E-state index contributed by atoms with van der Waals surface area (Å²) in [4.78, 5) is 21.3. The van der Waals surface area contributed by atoms with E-state index in [0.29, 0.717) is 17.4 Å². The van der Waals surface area contributed by atoms with Crippen LogP contribution in [0.4, 0.5) is 4.79 Å². The van der Waals surface area contributed by atoms with Crippen molar-refractivity contribution in [2.75, 3.05) is 39.8 Å². The molecule has 2 aliphatic rings. The molecule has 0 unspecified atom stereocenters. The summed E-state index contributed by atoms with van der Waals surface area (Å²) >= 11 is 0. The molecule has 0 aromatic heterocycles. The Morgan fingerprint density at radius 2 is 1.86 bits per heavy atom. The second kappa shape index (κ2) is 8.02. The molecule has 2 aliphatic heterocycles. The van der Waals surface area contributed by atoms with Crippen LogP contribution in [0.5, 0.6) is 0 Å². The number of hydrogen-bond acceptors (Lipinski definition) is 5. The van der Waals surface area contributed by atoms with Gasteiger partial charge in [0.05, 0.1) is 11.6 Å². The molecular weight excluding hydrogens is 352 g/mol. The van der Waals surface area contributed by atoms with Crippen molar-refractivity contribution < 1.29 is 9.53 Å². The van der Waals surface area contributed by atoms with Crippen LogP contribution in [-0.2, 0) is 11.2 Å². The Morgan fingerprint density at radius 1 is 1.21 bits per heavy atom. The maximum atomic E-state index is 12.2. The second-order valence-electron chi connectivity index (χ2n) is 9.28. The van der Waals surface area contributed by atoms with Gasteiger partial charge in [-0.15, -0.1) is 0 Å². The number of nitriles is 1. The monoisotopic (exact) mass is 382 g/mol. The number of amides is 1. The number of benzene rings is 1. The fourth-order valence-corrected chi connectivity index (χ4v) is 4.18. The lowest BCUT2D eigenvalue weighted by molar-refractivity contribution is -0.103. The first-order valence-electron chi connectivity index (χ1n) is 9.86. The third kappa shape index (κ3) is 5.40. The summed E-state index contributed by atoms with van der Waals surface area (Å²) in [5.41, 5.74) is 2.45. The van der Waals surface area contributed by atoms with Crippen LogP contribution in [0, 0.1) is 16.7 Å². The molecule has 6 heteroatoms. The molecule has 0 radical (unpaired) electrons. The van der Waals surface area contributed by atoms with Gasteiger partial charge < -0.3 is 14.5 Å². The molecule has 28 heavy (non-hydrogen) atoms. The van der Waals surface area contributed by atoms with Crippen LogP contribution in [0.2, 0.25) is 0 Å². The standard InChI is InChI=1S/C22H30N4O2/c1-21(2,3)28-20(27)24-19(11-17-5-7-18(12-23)8-6-17)9-10-26-15-22(16-26)13-25(4)14-22/h5-8H,9-11,13-16H2,1-4H3/b24-19+. The minimum Gasteiger partial charge on any atom is -0.442 e. The maximum absolute atomic E-state index is 12.2. The molecule has 0 saturated carbocycles. The molecule has 0 aliphatic carbocycles. The summed E-state index contributed by atoms with van der Waals surface area (Å²) in [5.74, 6) is 0. The average Bonchev–Trinajstić information content (AvgIpc) is 2.54. The molecule has 2 heterocycles. The first-order chi connectivity index (χ1) is 13.2. The van der Waals surface area contributed by atoms with Crippen molar-refractivity contribution in [2.24, 2.45) is 10.4 Å². The molecule has 6 nitrogen and oxygen atoms in total. The van der Waals surface area contributed by atoms with E-state index in [9.17, 15) is 4.79 Å². The molecular formula is C22H30N4O2. The van der Waals surface area contributed by atoms with Crippen LogP contribution in [0.3, 0.4) is 0 Å². The van der Waals surface area contributed by atoms with E-state index >= 15 is 0 Å². The Hall–Kier alpha value is -2.23. The minimum atomic E-state index is -0.555. The van der Waals surface area contributed by atoms with E-state index in [0.717, 1.165) is 37.3 Å². The fourth-order valence-electron chi connectivity index (χ4n) is 4.18. The molecule has 1 spiro atoms. The van der Waals surface area contributed by atoms with Crippen molar-refractivity contribution in [2.45, 2.75) is 39.2 Å². The zero-order chi connectivity index (χ0) is 20.4. The van der Waals surface area contributed by atoms with E-state index in [2.05, 4.69) is 27.9 Å². The first kappa shape index (κ1) is 20.5. The van der Waals surface area contributed by atoms with Gasteiger partial charge in [-0.25, -0.2) is 4.79 Å². The van der Waals surface area contributed by atoms with Gasteiger partial charge in [-0.05, 0) is 51.9 Å². The summed E-state index contributed by atoms with van der Waals surface area (Å²) < 4.78 is 5.37. The summed E-state index contributed by atoms with van der Waals surface area (Å²) in [6.45, 7) is 11.1. The minimum absolute atomic E-state index is 0.504. The average molecular weight is 383 g/mol. The van der Waals surface area contributed by atoms with E-state index in [-0.39, 0.29) is 0 Å². The number of aliphatic imine (C=N–C) groups is 1. The van der Waals surface area contributed by atoms with Crippen molar-refractivity contribution in [1.82, 2.24) is 9.80 Å². The van der Waals surface area contributed by atoms with Gasteiger partial charge in [0.15, 0.2) is 0 Å². The number of ether oxygens (including phenoxy) is 1. The Kier molecular flexibility index (Phi) is 5.87. The van der Waals surface area contributed by atoms with Crippen LogP contribution in [0.15, 0.2) is 29.3 Å². The lowest BCUT2D eigenvalue weighted by atomic mass is 9.73. The van der Waals surface area contributed by atoms with Crippen molar-refractivity contribution in [3.8, 4) is 6.07 Å². The van der Waals surface area contributed by atoms with E-state index in [1.165, 1.54) is 13.1 Å². The lowest BCUT2D eigenvalue weighted by Crippen LogP contribution is -2.71. The summed E-state index contributed by atoms with van der Waals surface area (Å²) in [6.07, 6.45) is 0.800. The smallest absolute Gasteiger partial charge is 0.434 e. The third-order valence-corrected chi connectivity index (χ3v) is 5.18. The highest BCUT2D eigenvalue weighted by Gasteiger charge is 2.49. The van der Waals surface area contributed by atoms with E-state index < -0.39 is 11.7 Å². The molecule has 150 valence electrons. The number of likely N-dealkylation sites (tertiary alicyclic amines) is 2. The highest BCUT2D eigenvalue weighted by Crippen LogP contribution is 2.38. The number of nitrogens with zero attached hydrogens (tertiary/aromatic N) is 4. The van der Waals surface area contributed by atoms with E-state index in [1.54, 1.807) is 12.1 Å². The van der Waals surface area contributed by atoms with Crippen molar-refractivity contribution in [1.29, 1.82) is 5.26 Å². The first-order valence-corrected chi connectivity index (χ1v) is 9.86. The molecule has 1 amide bonds. The molecule has 1 aromatic carbocycles. The van der Waals surface area contributed by atoms with Crippen LogP contribution in [0.1, 0.15) is 38.3 Å². The molecule has 1 aromatic rings. The van der Waals surface area contributed by atoms with Gasteiger partial charge in [0.1, 0.15) is 5.60 Å². The van der Waals surface area contributed by atoms with Gasteiger partial charge in [-0.3, -0.25) is 0 Å². The molecule has 0 N–H and O–H groups in total. The zero-order valence-corrected chi connectivity index (χ0v) is 17.4. The predicted octanol–water partition coefficient (Wildman–Crippen LogP) is 3.11. The number of rotatable bonds is 5. The largest absolute Gasteiger partial charge is 0.442 e.